The topological polar surface area (TPSA) is 127 Å². The number of rotatable bonds is 8. The van der Waals surface area contributed by atoms with Crippen LogP contribution >= 0.6 is 0 Å². The molecule has 0 aromatic heterocycles. The average Bonchev–Trinajstić information content (AvgIpc) is 2.62. The molecule has 1 aromatic rings. The molecule has 1 aromatic carbocycles. The fraction of sp³-hybridized carbons (Fsp3) is 0.556. The quantitative estimate of drug-likeness (QED) is 0.612. The predicted octanol–water partition coefficient (Wildman–Crippen LogP) is 1.35. The third kappa shape index (κ3) is 5.73. The van der Waals surface area contributed by atoms with E-state index in [-0.39, 0.29) is 36.7 Å². The molecule has 1 aliphatic heterocycles. The van der Waals surface area contributed by atoms with E-state index in [9.17, 15) is 22.4 Å². The summed E-state index contributed by atoms with van der Waals surface area (Å²) in [5.41, 5.74) is 5.45. The van der Waals surface area contributed by atoms with Crippen molar-refractivity contribution in [2.24, 2.45) is 11.7 Å². The number of carbonyl (C=O) groups excluding carboxylic acids is 1. The number of halogens is 1. The lowest BCUT2D eigenvalue weighted by Gasteiger charge is -2.31. The molecule has 0 amide bonds. The van der Waals surface area contributed by atoms with Crippen LogP contribution < -0.4 is 5.73 Å². The summed E-state index contributed by atoms with van der Waals surface area (Å²) in [7, 11) is -3.94. The van der Waals surface area contributed by atoms with Gasteiger partial charge in [0.1, 0.15) is 22.9 Å². The number of nitrogens with two attached hydrogens (primary N) is 1. The van der Waals surface area contributed by atoms with Crippen LogP contribution in [0.3, 0.4) is 0 Å². The molecule has 1 unspecified atom stereocenters. The standard InChI is InChI=1S/C18H25FN2O6S/c1-12(10-15(20)18(23)24)11-17(22)27-13-6-8-21(9-7-13)28(25,26)16-5-3-2-4-14(16)19/h2-5,12-13,15H,6-11,20H2,1H3,(H,23,24)/t12?,15-/m0/s1. The molecule has 2 rings (SSSR count). The van der Waals surface area contributed by atoms with Gasteiger partial charge < -0.3 is 15.6 Å². The number of hydrogen-bond donors (Lipinski definition) is 2. The Morgan fingerprint density at radius 1 is 1.32 bits per heavy atom. The molecule has 8 nitrogen and oxygen atoms in total. The van der Waals surface area contributed by atoms with E-state index in [0.29, 0.717) is 12.8 Å². The summed E-state index contributed by atoms with van der Waals surface area (Å²) in [5, 5.41) is 8.80. The molecule has 28 heavy (non-hydrogen) atoms. The summed E-state index contributed by atoms with van der Waals surface area (Å²) in [6.45, 7) is 1.95. The summed E-state index contributed by atoms with van der Waals surface area (Å²) >= 11 is 0. The van der Waals surface area contributed by atoms with Crippen LogP contribution in [-0.4, -0.2) is 55.0 Å². The first-order valence-corrected chi connectivity index (χ1v) is 10.5. The largest absolute Gasteiger partial charge is 0.480 e. The van der Waals surface area contributed by atoms with Gasteiger partial charge in [-0.05, 0) is 37.3 Å². The zero-order chi connectivity index (χ0) is 20.9. The molecule has 2 atom stereocenters. The molecule has 0 spiro atoms. The lowest BCUT2D eigenvalue weighted by molar-refractivity contribution is -0.152. The number of hydrogen-bond acceptors (Lipinski definition) is 6. The Morgan fingerprint density at radius 3 is 2.50 bits per heavy atom. The highest BCUT2D eigenvalue weighted by atomic mass is 32.2. The van der Waals surface area contributed by atoms with Crippen molar-refractivity contribution in [3.05, 3.63) is 30.1 Å². The van der Waals surface area contributed by atoms with Crippen molar-refractivity contribution >= 4 is 22.0 Å². The Hall–Kier alpha value is -2.04. The fourth-order valence-electron chi connectivity index (χ4n) is 3.12. The van der Waals surface area contributed by atoms with Gasteiger partial charge in [-0.15, -0.1) is 0 Å². The molecule has 1 fully saturated rings. The fourth-order valence-corrected chi connectivity index (χ4v) is 4.65. The molecule has 156 valence electrons. The lowest BCUT2D eigenvalue weighted by Crippen LogP contribution is -2.41. The second-order valence-electron chi connectivity index (χ2n) is 7.01. The second-order valence-corrected chi connectivity index (χ2v) is 8.92. The van der Waals surface area contributed by atoms with E-state index in [1.165, 1.54) is 22.5 Å². The number of carboxylic acid groups (broad SMARTS) is 1. The highest BCUT2D eigenvalue weighted by molar-refractivity contribution is 7.89. The highest BCUT2D eigenvalue weighted by Gasteiger charge is 2.32. The van der Waals surface area contributed by atoms with Crippen LogP contribution in [0.15, 0.2) is 29.2 Å². The number of carbonyl (C=O) groups is 2. The van der Waals surface area contributed by atoms with Crippen molar-refractivity contribution in [1.29, 1.82) is 0 Å². The molecule has 1 saturated heterocycles. The number of ether oxygens (including phenoxy) is 1. The third-order valence-corrected chi connectivity index (χ3v) is 6.57. The maximum Gasteiger partial charge on any atom is 0.320 e. The lowest BCUT2D eigenvalue weighted by atomic mass is 9.99. The van der Waals surface area contributed by atoms with Gasteiger partial charge in [0.25, 0.3) is 0 Å². The van der Waals surface area contributed by atoms with E-state index in [0.717, 1.165) is 6.07 Å². The van der Waals surface area contributed by atoms with Crippen molar-refractivity contribution in [3.8, 4) is 0 Å². The minimum atomic E-state index is -3.94. The Labute approximate surface area is 163 Å². The summed E-state index contributed by atoms with van der Waals surface area (Å²) in [5.74, 6) is -2.64. The van der Waals surface area contributed by atoms with Gasteiger partial charge in [0.2, 0.25) is 10.0 Å². The van der Waals surface area contributed by atoms with Crippen LogP contribution in [0.5, 0.6) is 0 Å². The molecule has 1 aliphatic rings. The average molecular weight is 416 g/mol. The van der Waals surface area contributed by atoms with E-state index >= 15 is 0 Å². The first kappa shape index (κ1) is 22.3. The number of sulfonamides is 1. The maximum absolute atomic E-state index is 13.8. The van der Waals surface area contributed by atoms with Crippen LogP contribution in [0.1, 0.15) is 32.6 Å². The van der Waals surface area contributed by atoms with Crippen LogP contribution in [0.2, 0.25) is 0 Å². The van der Waals surface area contributed by atoms with Crippen molar-refractivity contribution in [3.63, 3.8) is 0 Å². The van der Waals surface area contributed by atoms with Crippen molar-refractivity contribution in [1.82, 2.24) is 4.31 Å². The number of aliphatic carboxylic acids is 1. The summed E-state index contributed by atoms with van der Waals surface area (Å²) in [6.07, 6.45) is 0.378. The van der Waals surface area contributed by atoms with E-state index in [1.54, 1.807) is 6.92 Å². The van der Waals surface area contributed by atoms with Gasteiger partial charge in [-0.1, -0.05) is 19.1 Å². The van der Waals surface area contributed by atoms with Crippen LogP contribution in [-0.2, 0) is 24.3 Å². The van der Waals surface area contributed by atoms with E-state index in [1.807, 2.05) is 0 Å². The van der Waals surface area contributed by atoms with Gasteiger partial charge in [-0.2, -0.15) is 4.31 Å². The Morgan fingerprint density at radius 2 is 1.93 bits per heavy atom. The zero-order valence-corrected chi connectivity index (χ0v) is 16.4. The number of carboxylic acids is 1. The van der Waals surface area contributed by atoms with Crippen molar-refractivity contribution in [2.75, 3.05) is 13.1 Å². The van der Waals surface area contributed by atoms with E-state index in [4.69, 9.17) is 15.6 Å². The molecular formula is C18H25FN2O6S. The Bertz CT molecular complexity index is 808. The van der Waals surface area contributed by atoms with E-state index < -0.39 is 39.9 Å². The van der Waals surface area contributed by atoms with Gasteiger partial charge in [0, 0.05) is 19.5 Å². The second kappa shape index (κ2) is 9.44. The molecule has 0 radical (unpaired) electrons. The van der Waals surface area contributed by atoms with Gasteiger partial charge in [-0.3, -0.25) is 9.59 Å². The van der Waals surface area contributed by atoms with Crippen molar-refractivity contribution in [2.45, 2.75) is 49.6 Å². The van der Waals surface area contributed by atoms with Gasteiger partial charge in [0.05, 0.1) is 0 Å². The molecule has 1 heterocycles. The summed E-state index contributed by atoms with van der Waals surface area (Å²) < 4.78 is 45.5. The monoisotopic (exact) mass is 416 g/mol. The molecule has 0 bridgehead atoms. The SMILES string of the molecule is CC(CC(=O)OC1CCN(S(=O)(=O)c2ccccc2F)CC1)C[C@H](N)C(=O)O. The van der Waals surface area contributed by atoms with Gasteiger partial charge in [0.15, 0.2) is 0 Å². The number of piperidine rings is 1. The van der Waals surface area contributed by atoms with Crippen LogP contribution in [0.25, 0.3) is 0 Å². The minimum Gasteiger partial charge on any atom is -0.480 e. The van der Waals surface area contributed by atoms with Crippen LogP contribution in [0, 0.1) is 11.7 Å². The zero-order valence-electron chi connectivity index (χ0n) is 15.6. The van der Waals surface area contributed by atoms with Crippen molar-refractivity contribution < 1.29 is 32.2 Å². The normalized spacial score (nSPS) is 18.4. The smallest absolute Gasteiger partial charge is 0.320 e. The number of esters is 1. The molecular weight excluding hydrogens is 391 g/mol. The molecule has 0 aliphatic carbocycles. The van der Waals surface area contributed by atoms with Gasteiger partial charge in [-0.25, -0.2) is 12.8 Å². The molecule has 3 N–H and O–H groups in total. The number of benzene rings is 1. The first-order valence-electron chi connectivity index (χ1n) is 9.03. The highest BCUT2D eigenvalue weighted by Crippen LogP contribution is 2.24. The molecule has 10 heteroatoms. The third-order valence-electron chi connectivity index (χ3n) is 4.64. The summed E-state index contributed by atoms with van der Waals surface area (Å²) in [4.78, 5) is 22.4. The Kier molecular flexibility index (Phi) is 7.50. The van der Waals surface area contributed by atoms with Gasteiger partial charge >= 0.3 is 11.9 Å². The molecule has 0 saturated carbocycles. The predicted molar refractivity (Wildman–Crippen MR) is 98.3 cm³/mol. The summed E-state index contributed by atoms with van der Waals surface area (Å²) in [6, 6.07) is 4.17. The van der Waals surface area contributed by atoms with Crippen LogP contribution in [0.4, 0.5) is 4.39 Å². The Balaban J connectivity index is 1.84. The first-order chi connectivity index (χ1) is 13.1. The number of nitrogens with zero attached hydrogens (tertiary/aromatic N) is 1. The maximum atomic E-state index is 13.8. The minimum absolute atomic E-state index is 0.0364. The van der Waals surface area contributed by atoms with E-state index in [2.05, 4.69) is 0 Å².